The molecule has 0 fully saturated rings. The molecule has 0 N–H and O–H groups in total. The predicted octanol–water partition coefficient (Wildman–Crippen LogP) is 5.07. The molecule has 106 valence electrons. The highest BCUT2D eigenvalue weighted by molar-refractivity contribution is 5.79. The van der Waals surface area contributed by atoms with Crippen LogP contribution in [-0.4, -0.2) is 24.5 Å². The van der Waals surface area contributed by atoms with Gasteiger partial charge in [-0.15, -0.1) is 0 Å². The summed E-state index contributed by atoms with van der Waals surface area (Å²) < 4.78 is 0. The minimum atomic E-state index is 1.02. The standard InChI is InChI=1S/C16H32N2/c1-15(2)17-13-11-9-7-5-6-8-10-12-14-18-16(3)4/h5-14H2,1-4H3. The molecular formula is C16H32N2. The summed E-state index contributed by atoms with van der Waals surface area (Å²) in [7, 11) is 0. The fourth-order valence-corrected chi connectivity index (χ4v) is 1.89. The van der Waals surface area contributed by atoms with Gasteiger partial charge in [0, 0.05) is 24.5 Å². The van der Waals surface area contributed by atoms with Gasteiger partial charge in [-0.1, -0.05) is 38.5 Å². The van der Waals surface area contributed by atoms with Crippen LogP contribution in [0.3, 0.4) is 0 Å². The van der Waals surface area contributed by atoms with E-state index in [0.29, 0.717) is 0 Å². The Morgan fingerprint density at radius 2 is 0.778 bits per heavy atom. The zero-order valence-corrected chi connectivity index (χ0v) is 13.0. The molecule has 0 unspecified atom stereocenters. The van der Waals surface area contributed by atoms with Gasteiger partial charge in [0.25, 0.3) is 0 Å². The number of aliphatic imine (C=N–C) groups is 2. The number of nitrogens with zero attached hydrogens (tertiary/aromatic N) is 2. The normalized spacial score (nSPS) is 10.2. The van der Waals surface area contributed by atoms with E-state index in [2.05, 4.69) is 37.7 Å². The smallest absolute Gasteiger partial charge is 0.0388 e. The SMILES string of the molecule is CC(C)=NCCCCCCCCCCN=C(C)C. The van der Waals surface area contributed by atoms with Crippen LogP contribution < -0.4 is 0 Å². The fraction of sp³-hybridized carbons (Fsp3) is 0.875. The Balaban J connectivity index is 3.08. The van der Waals surface area contributed by atoms with Crippen LogP contribution in [-0.2, 0) is 0 Å². The molecule has 2 heteroatoms. The maximum Gasteiger partial charge on any atom is 0.0388 e. The zero-order valence-electron chi connectivity index (χ0n) is 13.0. The molecule has 0 bridgehead atoms. The lowest BCUT2D eigenvalue weighted by Crippen LogP contribution is -1.89. The van der Waals surface area contributed by atoms with Crippen LogP contribution in [0.4, 0.5) is 0 Å². The predicted molar refractivity (Wildman–Crippen MR) is 84.2 cm³/mol. The quantitative estimate of drug-likeness (QED) is 0.362. The van der Waals surface area contributed by atoms with Crippen LogP contribution in [0.2, 0.25) is 0 Å². The second-order valence-corrected chi connectivity index (χ2v) is 5.49. The molecule has 0 heterocycles. The van der Waals surface area contributed by atoms with Crippen molar-refractivity contribution < 1.29 is 0 Å². The molecule has 18 heavy (non-hydrogen) atoms. The van der Waals surface area contributed by atoms with Gasteiger partial charge < -0.3 is 0 Å². The maximum atomic E-state index is 4.41. The van der Waals surface area contributed by atoms with Crippen LogP contribution in [0, 0.1) is 0 Å². The molecule has 0 saturated heterocycles. The van der Waals surface area contributed by atoms with E-state index >= 15 is 0 Å². The molecule has 0 aliphatic heterocycles. The Morgan fingerprint density at radius 3 is 1.06 bits per heavy atom. The second-order valence-electron chi connectivity index (χ2n) is 5.49. The molecule has 2 nitrogen and oxygen atoms in total. The van der Waals surface area contributed by atoms with Crippen molar-refractivity contribution in [3.05, 3.63) is 0 Å². The van der Waals surface area contributed by atoms with Crippen LogP contribution in [0.5, 0.6) is 0 Å². The maximum absolute atomic E-state index is 4.41. The van der Waals surface area contributed by atoms with Crippen molar-refractivity contribution in [1.82, 2.24) is 0 Å². The van der Waals surface area contributed by atoms with Gasteiger partial charge in [0.05, 0.1) is 0 Å². The summed E-state index contributed by atoms with van der Waals surface area (Å²) in [5, 5.41) is 0. The first kappa shape index (κ1) is 17.3. The molecule has 0 aromatic heterocycles. The molecular weight excluding hydrogens is 220 g/mol. The van der Waals surface area contributed by atoms with Gasteiger partial charge in [0.1, 0.15) is 0 Å². The van der Waals surface area contributed by atoms with Gasteiger partial charge in [-0.05, 0) is 40.5 Å². The number of rotatable bonds is 11. The Hall–Kier alpha value is -0.660. The molecule has 0 aromatic rings. The third-order valence-electron chi connectivity index (χ3n) is 2.92. The van der Waals surface area contributed by atoms with Crippen LogP contribution in [0.1, 0.15) is 79.1 Å². The average molecular weight is 252 g/mol. The van der Waals surface area contributed by atoms with E-state index in [0.717, 1.165) is 13.1 Å². The van der Waals surface area contributed by atoms with Crippen LogP contribution in [0.25, 0.3) is 0 Å². The summed E-state index contributed by atoms with van der Waals surface area (Å²) in [6.07, 6.45) is 10.8. The lowest BCUT2D eigenvalue weighted by Gasteiger charge is -2.01. The summed E-state index contributed by atoms with van der Waals surface area (Å²) in [5.41, 5.74) is 2.42. The van der Waals surface area contributed by atoms with Crippen molar-refractivity contribution in [1.29, 1.82) is 0 Å². The van der Waals surface area contributed by atoms with E-state index in [4.69, 9.17) is 0 Å². The second kappa shape index (κ2) is 12.8. The van der Waals surface area contributed by atoms with E-state index in [-0.39, 0.29) is 0 Å². The fourth-order valence-electron chi connectivity index (χ4n) is 1.89. The van der Waals surface area contributed by atoms with Gasteiger partial charge >= 0.3 is 0 Å². The summed E-state index contributed by atoms with van der Waals surface area (Å²) in [4.78, 5) is 8.82. The minimum absolute atomic E-state index is 1.02. The molecule has 0 aliphatic carbocycles. The summed E-state index contributed by atoms with van der Waals surface area (Å²) in [6, 6.07) is 0. The van der Waals surface area contributed by atoms with Crippen molar-refractivity contribution >= 4 is 11.4 Å². The summed E-state index contributed by atoms with van der Waals surface area (Å²) >= 11 is 0. The molecule has 0 aliphatic rings. The van der Waals surface area contributed by atoms with E-state index in [1.54, 1.807) is 0 Å². The minimum Gasteiger partial charge on any atom is -0.295 e. The molecule has 0 atom stereocenters. The van der Waals surface area contributed by atoms with Crippen molar-refractivity contribution in [2.24, 2.45) is 9.98 Å². The van der Waals surface area contributed by atoms with E-state index in [1.165, 1.54) is 62.8 Å². The first-order valence-corrected chi connectivity index (χ1v) is 7.58. The van der Waals surface area contributed by atoms with Gasteiger partial charge in [-0.25, -0.2) is 0 Å². The molecule has 0 saturated carbocycles. The number of hydrogen-bond acceptors (Lipinski definition) is 2. The van der Waals surface area contributed by atoms with Gasteiger partial charge in [0.15, 0.2) is 0 Å². The van der Waals surface area contributed by atoms with Crippen LogP contribution >= 0.6 is 0 Å². The zero-order chi connectivity index (χ0) is 13.6. The van der Waals surface area contributed by atoms with Crippen molar-refractivity contribution in [3.8, 4) is 0 Å². The largest absolute Gasteiger partial charge is 0.295 e. The van der Waals surface area contributed by atoms with E-state index < -0.39 is 0 Å². The highest BCUT2D eigenvalue weighted by Crippen LogP contribution is 2.08. The van der Waals surface area contributed by atoms with Gasteiger partial charge in [-0.2, -0.15) is 0 Å². The van der Waals surface area contributed by atoms with Crippen molar-refractivity contribution in [2.75, 3.05) is 13.1 Å². The van der Waals surface area contributed by atoms with Gasteiger partial charge in [-0.3, -0.25) is 9.98 Å². The highest BCUT2D eigenvalue weighted by Gasteiger charge is 1.92. The topological polar surface area (TPSA) is 24.7 Å². The third-order valence-corrected chi connectivity index (χ3v) is 2.92. The van der Waals surface area contributed by atoms with Crippen molar-refractivity contribution in [3.63, 3.8) is 0 Å². The molecule has 0 amide bonds. The average Bonchev–Trinajstić information content (AvgIpc) is 2.29. The molecule has 0 spiro atoms. The first-order chi connectivity index (χ1) is 8.63. The summed E-state index contributed by atoms with van der Waals surface area (Å²) in [5.74, 6) is 0. The van der Waals surface area contributed by atoms with Crippen molar-refractivity contribution in [2.45, 2.75) is 79.1 Å². The first-order valence-electron chi connectivity index (χ1n) is 7.58. The lowest BCUT2D eigenvalue weighted by atomic mass is 10.1. The van der Waals surface area contributed by atoms with E-state index in [9.17, 15) is 0 Å². The Labute approximate surface area is 114 Å². The third kappa shape index (κ3) is 15.3. The lowest BCUT2D eigenvalue weighted by molar-refractivity contribution is 0.572. The highest BCUT2D eigenvalue weighted by atomic mass is 14.7. The monoisotopic (exact) mass is 252 g/mol. The Morgan fingerprint density at radius 1 is 0.500 bits per heavy atom. The number of unbranched alkanes of at least 4 members (excludes halogenated alkanes) is 7. The Kier molecular flexibility index (Phi) is 12.3. The molecule has 0 aromatic carbocycles. The van der Waals surface area contributed by atoms with Gasteiger partial charge in [0.2, 0.25) is 0 Å². The summed E-state index contributed by atoms with van der Waals surface area (Å²) in [6.45, 7) is 10.3. The molecule has 0 rings (SSSR count). The Bertz CT molecular complexity index is 207. The molecule has 0 radical (unpaired) electrons. The van der Waals surface area contributed by atoms with Crippen LogP contribution in [0.15, 0.2) is 9.98 Å². The number of hydrogen-bond donors (Lipinski definition) is 0. The van der Waals surface area contributed by atoms with E-state index in [1.807, 2.05) is 0 Å².